The molecule has 57 heavy (non-hydrogen) atoms. The van der Waals surface area contributed by atoms with Gasteiger partial charge in [0, 0.05) is 76.1 Å². The number of benzene rings is 3. The Morgan fingerprint density at radius 1 is 0.789 bits per heavy atom. The Kier molecular flexibility index (Phi) is 10.5. The van der Waals surface area contributed by atoms with Crippen LogP contribution in [0.3, 0.4) is 0 Å². The summed E-state index contributed by atoms with van der Waals surface area (Å²) in [6, 6.07) is 19.8. The Balaban J connectivity index is 1.04. The van der Waals surface area contributed by atoms with Crippen molar-refractivity contribution >= 4 is 51.5 Å². The van der Waals surface area contributed by atoms with Gasteiger partial charge < -0.3 is 37.6 Å². The number of nitrogens with zero attached hydrogens (tertiary/aromatic N) is 5. The number of rotatable bonds is 14. The maximum atomic E-state index is 13.6. The van der Waals surface area contributed by atoms with Crippen LogP contribution >= 0.6 is 0 Å². The van der Waals surface area contributed by atoms with Gasteiger partial charge >= 0.3 is 0 Å². The quantitative estimate of drug-likeness (QED) is 0.0795. The molecule has 1 aliphatic heterocycles. The van der Waals surface area contributed by atoms with Gasteiger partial charge in [0.15, 0.2) is 5.76 Å². The topological polar surface area (TPSA) is 104 Å². The van der Waals surface area contributed by atoms with Crippen molar-refractivity contribution in [2.24, 2.45) is 5.84 Å². The molecule has 4 heterocycles. The van der Waals surface area contributed by atoms with Crippen molar-refractivity contribution in [1.29, 1.82) is 0 Å². The molecule has 2 N–H and O–H groups in total. The van der Waals surface area contributed by atoms with Crippen LogP contribution < -0.4 is 35.9 Å². The normalized spacial score (nSPS) is 14.8. The number of nitrogens with two attached hydrogens (primary N) is 1. The van der Waals surface area contributed by atoms with Crippen molar-refractivity contribution in [1.82, 2.24) is 18.9 Å². The molecule has 0 unspecified atom stereocenters. The highest BCUT2D eigenvalue weighted by Crippen LogP contribution is 2.37. The number of anilines is 1. The van der Waals surface area contributed by atoms with Crippen LogP contribution in [0.15, 0.2) is 95.0 Å². The largest absolute Gasteiger partial charge is 0.497 e. The zero-order valence-electron chi connectivity index (χ0n) is 33.5. The fraction of sp³-hybridized carbons (Fsp3) is 0.283. The summed E-state index contributed by atoms with van der Waals surface area (Å²) in [6.45, 7) is 3.74. The summed E-state index contributed by atoms with van der Waals surface area (Å²) in [7, 11) is 11.7. The first-order valence-corrected chi connectivity index (χ1v) is 19.4. The highest BCUT2D eigenvalue weighted by atomic mass is 16.5. The molecule has 1 aliphatic carbocycles. The van der Waals surface area contributed by atoms with Crippen LogP contribution in [0.4, 0.5) is 5.69 Å². The van der Waals surface area contributed by atoms with Crippen molar-refractivity contribution in [3.63, 3.8) is 0 Å². The summed E-state index contributed by atoms with van der Waals surface area (Å²) in [5.74, 6) is 8.88. The number of methoxy groups -OCH3 is 2. The highest BCUT2D eigenvalue weighted by Gasteiger charge is 2.29. The van der Waals surface area contributed by atoms with Crippen molar-refractivity contribution < 1.29 is 23.4 Å². The minimum Gasteiger partial charge on any atom is -0.497 e. The predicted octanol–water partition coefficient (Wildman–Crippen LogP) is 6.16. The van der Waals surface area contributed by atoms with Gasteiger partial charge in [-0.05, 0) is 127 Å². The molecule has 6 aromatic rings. The molecule has 0 bridgehead atoms. The lowest BCUT2D eigenvalue weighted by molar-refractivity contribution is 0.101. The third-order valence-corrected chi connectivity index (χ3v) is 10.7. The number of Topliss-reactive ketones (excluding diaryl/α,β-unsaturated/α-hetero) is 1. The fourth-order valence-corrected chi connectivity index (χ4v) is 7.74. The van der Waals surface area contributed by atoms with E-state index < -0.39 is 0 Å². The molecule has 0 radical (unpaired) electrons. The second-order valence-electron chi connectivity index (χ2n) is 15.3. The Labute approximate surface area is 332 Å². The molecule has 0 saturated carbocycles. The maximum absolute atomic E-state index is 13.6. The minimum absolute atomic E-state index is 0.167. The van der Waals surface area contributed by atoms with E-state index in [1.165, 1.54) is 0 Å². The average Bonchev–Trinajstić information content (AvgIpc) is 3.95. The summed E-state index contributed by atoms with van der Waals surface area (Å²) < 4.78 is 28.3. The molecular weight excluding hydrogens is 717 g/mol. The standard InChI is InChI=1S/C46H50N6O5/c1-48(2)17-7-19-50-28-31(39-26-35(54-5)12-15-41(39)50)22-37-21-30-9-10-33(24-43(30)56-37)52(47)34-11-14-38-44(25-34)57-45(46(38)53)23-32-29-51(20-8-18-49(3)4)42-16-13-36(55-6)27-40(32)42/h10-16,21-29H,7-9,17-20,47H2,1-6H3. The van der Waals surface area contributed by atoms with Gasteiger partial charge in [-0.2, -0.15) is 0 Å². The summed E-state index contributed by atoms with van der Waals surface area (Å²) in [6.07, 6.45) is 14.9. The van der Waals surface area contributed by atoms with Gasteiger partial charge in [0.05, 0.1) is 31.2 Å². The number of carbonyl (C=O) groups excluding carboxylic acids is 1. The van der Waals surface area contributed by atoms with Gasteiger partial charge in [0.2, 0.25) is 5.78 Å². The zero-order chi connectivity index (χ0) is 39.8. The SMILES string of the molecule is COc1ccc2c(c1)c(C=C1Oc3cc(N(N)C4=CCc5cc(=Cc6cn(CCCN(C)C)c7ccc(OC)cc67)oc5=C4)ccc3C1=O)cn2CCCN(C)C. The number of allylic oxidation sites excluding steroid dienone is 3. The molecule has 0 spiro atoms. The first-order chi connectivity index (χ1) is 27.6. The number of aryl methyl sites for hydroxylation is 2. The molecule has 294 valence electrons. The minimum atomic E-state index is -0.167. The smallest absolute Gasteiger partial charge is 0.231 e. The molecule has 3 aromatic carbocycles. The third-order valence-electron chi connectivity index (χ3n) is 10.7. The number of carbonyl (C=O) groups is 1. The Morgan fingerprint density at radius 2 is 1.40 bits per heavy atom. The van der Waals surface area contributed by atoms with Crippen LogP contribution in [0.2, 0.25) is 0 Å². The monoisotopic (exact) mass is 766 g/mol. The number of furan rings is 1. The average molecular weight is 767 g/mol. The van der Waals surface area contributed by atoms with Crippen molar-refractivity contribution in [2.45, 2.75) is 32.4 Å². The van der Waals surface area contributed by atoms with E-state index in [-0.39, 0.29) is 11.5 Å². The molecule has 0 amide bonds. The summed E-state index contributed by atoms with van der Waals surface area (Å²) >= 11 is 0. The summed E-state index contributed by atoms with van der Waals surface area (Å²) in [4.78, 5) is 18.0. The Bertz CT molecular complexity index is 2680. The van der Waals surface area contributed by atoms with Gasteiger partial charge in [0.1, 0.15) is 28.1 Å². The molecule has 0 atom stereocenters. The number of ketones is 1. The lowest BCUT2D eigenvalue weighted by Gasteiger charge is -2.21. The molecule has 0 saturated heterocycles. The number of ether oxygens (including phenoxy) is 3. The number of hydrogen-bond donors (Lipinski definition) is 1. The van der Waals surface area contributed by atoms with E-state index >= 15 is 0 Å². The molecule has 0 fully saturated rings. The molecule has 11 heteroatoms. The van der Waals surface area contributed by atoms with Crippen LogP contribution in [0, 0.1) is 0 Å². The van der Waals surface area contributed by atoms with Gasteiger partial charge in [-0.25, -0.2) is 5.84 Å². The Morgan fingerprint density at radius 3 is 2.00 bits per heavy atom. The second kappa shape index (κ2) is 15.9. The molecule has 11 nitrogen and oxygen atoms in total. The van der Waals surface area contributed by atoms with Crippen LogP contribution in [0.5, 0.6) is 17.2 Å². The van der Waals surface area contributed by atoms with Crippen LogP contribution in [-0.4, -0.2) is 80.2 Å². The van der Waals surface area contributed by atoms with Crippen molar-refractivity contribution in [2.75, 3.05) is 60.5 Å². The zero-order valence-corrected chi connectivity index (χ0v) is 33.5. The van der Waals surface area contributed by atoms with Crippen molar-refractivity contribution in [3.8, 4) is 17.2 Å². The first-order valence-electron chi connectivity index (χ1n) is 19.4. The number of hydrazine groups is 1. The van der Waals surface area contributed by atoms with E-state index in [0.717, 1.165) is 106 Å². The van der Waals surface area contributed by atoms with Gasteiger partial charge in [0.25, 0.3) is 0 Å². The van der Waals surface area contributed by atoms with E-state index in [4.69, 9.17) is 24.5 Å². The second-order valence-corrected chi connectivity index (χ2v) is 15.3. The molecule has 8 rings (SSSR count). The van der Waals surface area contributed by atoms with E-state index in [1.807, 2.05) is 42.5 Å². The van der Waals surface area contributed by atoms with Crippen LogP contribution in [0.1, 0.15) is 39.9 Å². The lowest BCUT2D eigenvalue weighted by Crippen LogP contribution is -2.31. The Hall–Kier alpha value is -6.01. The third kappa shape index (κ3) is 7.74. The highest BCUT2D eigenvalue weighted by molar-refractivity contribution is 6.15. The number of fused-ring (bicyclic) bond motifs is 4. The lowest BCUT2D eigenvalue weighted by atomic mass is 10.1. The van der Waals surface area contributed by atoms with Gasteiger partial charge in [-0.1, -0.05) is 6.08 Å². The predicted molar refractivity (Wildman–Crippen MR) is 227 cm³/mol. The van der Waals surface area contributed by atoms with Gasteiger partial charge in [-0.3, -0.25) is 9.80 Å². The molecule has 2 aliphatic rings. The van der Waals surface area contributed by atoms with E-state index in [2.05, 4.69) is 95.9 Å². The van der Waals surface area contributed by atoms with Gasteiger partial charge in [-0.15, -0.1) is 0 Å². The van der Waals surface area contributed by atoms with E-state index in [0.29, 0.717) is 23.4 Å². The fourth-order valence-electron chi connectivity index (χ4n) is 7.74. The van der Waals surface area contributed by atoms with Crippen LogP contribution in [0.25, 0.3) is 40.0 Å². The molecular formula is C46H50N6O5. The first kappa shape index (κ1) is 37.9. The van der Waals surface area contributed by atoms with E-state index in [9.17, 15) is 4.79 Å². The van der Waals surface area contributed by atoms with Crippen molar-refractivity contribution in [3.05, 3.63) is 124 Å². The number of aromatic nitrogens is 2. The number of hydrogen-bond acceptors (Lipinski definition) is 9. The summed E-state index contributed by atoms with van der Waals surface area (Å²) in [5.41, 5.74) is 8.77. The summed E-state index contributed by atoms with van der Waals surface area (Å²) in [5, 5.41) is 3.71. The van der Waals surface area contributed by atoms with Crippen LogP contribution in [-0.2, 0) is 19.5 Å². The molecule has 3 aromatic heterocycles. The van der Waals surface area contributed by atoms with E-state index in [1.54, 1.807) is 25.3 Å². The maximum Gasteiger partial charge on any atom is 0.231 e.